The second kappa shape index (κ2) is 4.57. The number of hydrogen-bond acceptors (Lipinski definition) is 3. The Balaban J connectivity index is 2.00. The zero-order valence-electron chi connectivity index (χ0n) is 10.2. The number of ether oxygens (including phenoxy) is 1. The average Bonchev–Trinajstić information content (AvgIpc) is 2.34. The van der Waals surface area contributed by atoms with Crippen molar-refractivity contribution < 1.29 is 9.53 Å². The van der Waals surface area contributed by atoms with Gasteiger partial charge in [-0.3, -0.25) is 4.79 Å². The van der Waals surface area contributed by atoms with Crippen LogP contribution in [0.5, 0.6) is 5.75 Å². The molecule has 2 unspecified atom stereocenters. The van der Waals surface area contributed by atoms with Gasteiger partial charge in [-0.25, -0.2) is 0 Å². The molecule has 1 saturated heterocycles. The minimum atomic E-state index is -0.277. The number of ketones is 1. The first-order valence-corrected chi connectivity index (χ1v) is 8.08. The van der Waals surface area contributed by atoms with E-state index in [1.54, 1.807) is 0 Å². The summed E-state index contributed by atoms with van der Waals surface area (Å²) >= 11 is 5.32. The fourth-order valence-corrected chi connectivity index (χ4v) is 4.36. The molecule has 2 atom stereocenters. The Labute approximate surface area is 120 Å². The maximum absolute atomic E-state index is 12.3. The molecule has 0 aromatic heterocycles. The summed E-state index contributed by atoms with van der Waals surface area (Å²) < 4.78 is 7.17. The molecular weight excluding hydrogens is 312 g/mol. The molecule has 1 aromatic carbocycles. The summed E-state index contributed by atoms with van der Waals surface area (Å²) in [6, 6.07) is 5.71. The maximum atomic E-state index is 12.3. The van der Waals surface area contributed by atoms with Crippen LogP contribution in [0, 0.1) is 0 Å². The summed E-state index contributed by atoms with van der Waals surface area (Å²) in [6.45, 7) is 2.18. The number of carbonyl (C=O) groups excluding carboxylic acids is 1. The van der Waals surface area contributed by atoms with E-state index in [2.05, 4.69) is 22.9 Å². The minimum Gasteiger partial charge on any atom is -0.485 e. The largest absolute Gasteiger partial charge is 0.485 e. The van der Waals surface area contributed by atoms with Crippen molar-refractivity contribution in [3.05, 3.63) is 28.2 Å². The maximum Gasteiger partial charge on any atom is 0.170 e. The van der Waals surface area contributed by atoms with Gasteiger partial charge < -0.3 is 4.74 Å². The molecule has 1 fully saturated rings. The van der Waals surface area contributed by atoms with Crippen molar-refractivity contribution in [2.75, 3.05) is 5.75 Å². The summed E-state index contributed by atoms with van der Waals surface area (Å²) in [5, 5.41) is 0.381. The van der Waals surface area contributed by atoms with Gasteiger partial charge in [0.15, 0.2) is 5.78 Å². The van der Waals surface area contributed by atoms with Crippen LogP contribution < -0.4 is 4.74 Å². The van der Waals surface area contributed by atoms with Crippen LogP contribution in [0.15, 0.2) is 22.7 Å². The van der Waals surface area contributed by atoms with Gasteiger partial charge in [0.05, 0.1) is 12.0 Å². The van der Waals surface area contributed by atoms with Gasteiger partial charge in [0.2, 0.25) is 0 Å². The zero-order chi connectivity index (χ0) is 12.8. The lowest BCUT2D eigenvalue weighted by molar-refractivity contribution is 0.0329. The van der Waals surface area contributed by atoms with Crippen molar-refractivity contribution in [2.24, 2.45) is 0 Å². The number of thioether (sulfide) groups is 1. The zero-order valence-corrected chi connectivity index (χ0v) is 12.6. The molecule has 4 heteroatoms. The van der Waals surface area contributed by atoms with Crippen LogP contribution >= 0.6 is 27.7 Å². The van der Waals surface area contributed by atoms with Gasteiger partial charge >= 0.3 is 0 Å². The van der Waals surface area contributed by atoms with Crippen LogP contribution in [0.2, 0.25) is 0 Å². The molecule has 2 aliphatic heterocycles. The van der Waals surface area contributed by atoms with Crippen LogP contribution in [-0.4, -0.2) is 22.4 Å². The molecule has 2 nitrogen and oxygen atoms in total. The van der Waals surface area contributed by atoms with E-state index in [1.807, 2.05) is 30.0 Å². The Morgan fingerprint density at radius 2 is 2.33 bits per heavy atom. The van der Waals surface area contributed by atoms with Crippen LogP contribution in [-0.2, 0) is 0 Å². The summed E-state index contributed by atoms with van der Waals surface area (Å²) in [5.41, 5.74) is 0.443. The van der Waals surface area contributed by atoms with Crippen molar-refractivity contribution in [1.82, 2.24) is 0 Å². The van der Waals surface area contributed by atoms with E-state index in [9.17, 15) is 4.79 Å². The smallest absolute Gasteiger partial charge is 0.170 e. The van der Waals surface area contributed by atoms with Crippen molar-refractivity contribution in [2.45, 2.75) is 37.0 Å². The fraction of sp³-hybridized carbons (Fsp3) is 0.500. The van der Waals surface area contributed by atoms with Crippen LogP contribution in [0.4, 0.5) is 0 Å². The Morgan fingerprint density at radius 3 is 3.11 bits per heavy atom. The lowest BCUT2D eigenvalue weighted by atomic mass is 9.84. The van der Waals surface area contributed by atoms with Gasteiger partial charge in [-0.15, -0.1) is 0 Å². The molecule has 3 rings (SSSR count). The van der Waals surface area contributed by atoms with Gasteiger partial charge in [0.1, 0.15) is 11.4 Å². The third-order valence-electron chi connectivity index (χ3n) is 3.87. The van der Waals surface area contributed by atoms with E-state index in [0.717, 1.165) is 28.6 Å². The van der Waals surface area contributed by atoms with Crippen molar-refractivity contribution in [3.8, 4) is 5.75 Å². The summed E-state index contributed by atoms with van der Waals surface area (Å²) in [7, 11) is 0. The monoisotopic (exact) mass is 326 g/mol. The van der Waals surface area contributed by atoms with E-state index in [4.69, 9.17) is 4.74 Å². The highest BCUT2D eigenvalue weighted by Crippen LogP contribution is 2.45. The molecule has 0 aliphatic carbocycles. The first-order valence-electron chi connectivity index (χ1n) is 6.24. The predicted octanol–water partition coefficient (Wildman–Crippen LogP) is 4.07. The van der Waals surface area contributed by atoms with Crippen LogP contribution in [0.3, 0.4) is 0 Å². The van der Waals surface area contributed by atoms with Gasteiger partial charge in [0, 0.05) is 9.72 Å². The molecule has 0 saturated carbocycles. The van der Waals surface area contributed by atoms with E-state index < -0.39 is 0 Å². The molecule has 18 heavy (non-hydrogen) atoms. The summed E-state index contributed by atoms with van der Waals surface area (Å²) in [5.74, 6) is 2.14. The Hall–Kier alpha value is -0.480. The number of benzene rings is 1. The molecule has 96 valence electrons. The number of Topliss-reactive ketones (excluding diaryl/α,β-unsaturated/α-hetero) is 1. The number of carbonyl (C=O) groups is 1. The molecule has 0 bridgehead atoms. The number of hydrogen-bond donors (Lipinski definition) is 0. The summed E-state index contributed by atoms with van der Waals surface area (Å²) in [6.07, 6.45) is 2.64. The lowest BCUT2D eigenvalue weighted by Crippen LogP contribution is -2.51. The highest BCUT2D eigenvalue weighted by molar-refractivity contribution is 9.10. The minimum absolute atomic E-state index is 0.215. The van der Waals surface area contributed by atoms with Crippen LogP contribution in [0.1, 0.15) is 36.5 Å². The molecule has 0 N–H and O–H groups in total. The van der Waals surface area contributed by atoms with E-state index >= 15 is 0 Å². The Bertz CT molecular complexity index is 503. The van der Waals surface area contributed by atoms with E-state index in [0.29, 0.717) is 11.7 Å². The second-order valence-electron chi connectivity index (χ2n) is 5.02. The fourth-order valence-electron chi connectivity index (χ4n) is 2.78. The molecule has 1 spiro atoms. The SMILES string of the molecule is CC1SCCCC12CC(=O)c1cc(Br)ccc1O2. The average molecular weight is 327 g/mol. The highest BCUT2D eigenvalue weighted by Gasteiger charge is 2.46. The van der Waals surface area contributed by atoms with Gasteiger partial charge in [0.25, 0.3) is 0 Å². The van der Waals surface area contributed by atoms with Crippen molar-refractivity contribution in [1.29, 1.82) is 0 Å². The van der Waals surface area contributed by atoms with E-state index in [-0.39, 0.29) is 11.4 Å². The highest BCUT2D eigenvalue weighted by atomic mass is 79.9. The second-order valence-corrected chi connectivity index (χ2v) is 7.39. The topological polar surface area (TPSA) is 26.3 Å². The van der Waals surface area contributed by atoms with Crippen molar-refractivity contribution in [3.63, 3.8) is 0 Å². The number of fused-ring (bicyclic) bond motifs is 1. The molecule has 1 aromatic rings. The third kappa shape index (κ3) is 1.99. The third-order valence-corrected chi connectivity index (χ3v) is 5.82. The molecule has 0 radical (unpaired) electrons. The van der Waals surface area contributed by atoms with Crippen LogP contribution in [0.25, 0.3) is 0 Å². The number of halogens is 1. The molecule has 2 heterocycles. The normalized spacial score (nSPS) is 31.0. The van der Waals surface area contributed by atoms with Gasteiger partial charge in [-0.1, -0.05) is 15.9 Å². The molecular formula is C14H15BrO2S. The first-order chi connectivity index (χ1) is 8.61. The van der Waals surface area contributed by atoms with Gasteiger partial charge in [-0.2, -0.15) is 11.8 Å². The number of rotatable bonds is 0. The van der Waals surface area contributed by atoms with Crippen molar-refractivity contribution >= 4 is 33.5 Å². The predicted molar refractivity (Wildman–Crippen MR) is 77.6 cm³/mol. The quantitative estimate of drug-likeness (QED) is 0.718. The lowest BCUT2D eigenvalue weighted by Gasteiger charge is -2.44. The van der Waals surface area contributed by atoms with E-state index in [1.165, 1.54) is 5.75 Å². The Morgan fingerprint density at radius 1 is 1.50 bits per heavy atom. The molecule has 0 amide bonds. The Kier molecular flexibility index (Phi) is 3.18. The standard InChI is InChI=1S/C14H15BrO2S/c1-9-14(5-2-6-18-9)8-12(16)11-7-10(15)3-4-13(11)17-14/h3-4,7,9H,2,5-6,8H2,1H3. The summed E-state index contributed by atoms with van der Waals surface area (Å²) in [4.78, 5) is 12.3. The molecule has 2 aliphatic rings. The first kappa shape index (κ1) is 12.5. The van der Waals surface area contributed by atoms with Gasteiger partial charge in [-0.05, 0) is 43.7 Å².